The molecule has 2 atom stereocenters. The molecule has 0 amide bonds. The van der Waals surface area contributed by atoms with Crippen LogP contribution >= 0.6 is 0 Å². The standard InChI is InChI=1S/C25H36N2O2/c1-5-23(19-7-10-22(29-4)11-8-19)24(6-2)20-9-12-25(28)21(17-20)18-27-15-13-26(3)14-16-27/h7-12,17,23-24,28H,5-6,13-16,18H2,1-4H3/t23-,24-/m0/s1. The van der Waals surface area contributed by atoms with Crippen LogP contribution in [0.5, 0.6) is 11.5 Å². The van der Waals surface area contributed by atoms with Gasteiger partial charge in [-0.05, 0) is 61.1 Å². The van der Waals surface area contributed by atoms with Crippen molar-refractivity contribution in [2.45, 2.75) is 45.1 Å². The third-order valence-corrected chi connectivity index (χ3v) is 6.43. The SMILES string of the molecule is CC[C@@H](c1ccc(OC)cc1)[C@@H](CC)c1ccc(O)c(CN2CCN(C)CC2)c1. The van der Waals surface area contributed by atoms with Crippen LogP contribution in [0.1, 0.15) is 55.2 Å². The summed E-state index contributed by atoms with van der Waals surface area (Å²) in [4.78, 5) is 4.81. The van der Waals surface area contributed by atoms with E-state index in [9.17, 15) is 5.11 Å². The molecule has 4 nitrogen and oxygen atoms in total. The van der Waals surface area contributed by atoms with Crippen molar-refractivity contribution in [3.63, 3.8) is 0 Å². The lowest BCUT2D eigenvalue weighted by Gasteiger charge is -2.33. The minimum atomic E-state index is 0.417. The summed E-state index contributed by atoms with van der Waals surface area (Å²) in [6.07, 6.45) is 2.16. The van der Waals surface area contributed by atoms with E-state index in [1.54, 1.807) is 7.11 Å². The van der Waals surface area contributed by atoms with E-state index in [0.29, 0.717) is 17.6 Å². The number of benzene rings is 2. The highest BCUT2D eigenvalue weighted by Crippen LogP contribution is 2.39. The second-order valence-corrected chi connectivity index (χ2v) is 8.27. The molecule has 2 aromatic carbocycles. The molecular weight excluding hydrogens is 360 g/mol. The molecule has 2 aromatic rings. The number of likely N-dealkylation sites (N-methyl/N-ethyl adjacent to an activating group) is 1. The second kappa shape index (κ2) is 10.1. The minimum Gasteiger partial charge on any atom is -0.508 e. The average molecular weight is 397 g/mol. The molecule has 1 fully saturated rings. The molecule has 4 heteroatoms. The van der Waals surface area contributed by atoms with E-state index < -0.39 is 0 Å². The number of hydrogen-bond acceptors (Lipinski definition) is 4. The van der Waals surface area contributed by atoms with Crippen molar-refractivity contribution >= 4 is 0 Å². The smallest absolute Gasteiger partial charge is 0.120 e. The fourth-order valence-electron chi connectivity index (χ4n) is 4.57. The molecule has 1 aliphatic rings. The van der Waals surface area contributed by atoms with Crippen molar-refractivity contribution in [1.82, 2.24) is 9.80 Å². The van der Waals surface area contributed by atoms with Crippen LogP contribution in [0.15, 0.2) is 42.5 Å². The minimum absolute atomic E-state index is 0.417. The van der Waals surface area contributed by atoms with Crippen LogP contribution in [-0.4, -0.2) is 55.2 Å². The van der Waals surface area contributed by atoms with E-state index >= 15 is 0 Å². The Kier molecular flexibility index (Phi) is 7.57. The molecule has 1 N–H and O–H groups in total. The zero-order valence-corrected chi connectivity index (χ0v) is 18.4. The normalized spacial score (nSPS) is 17.8. The molecule has 0 unspecified atom stereocenters. The van der Waals surface area contributed by atoms with Crippen LogP contribution in [0.4, 0.5) is 0 Å². The number of aromatic hydroxyl groups is 1. The molecule has 29 heavy (non-hydrogen) atoms. The Morgan fingerprint density at radius 3 is 2.07 bits per heavy atom. The van der Waals surface area contributed by atoms with Crippen molar-refractivity contribution in [2.75, 3.05) is 40.3 Å². The number of hydrogen-bond donors (Lipinski definition) is 1. The summed E-state index contributed by atoms with van der Waals surface area (Å²) in [7, 11) is 3.88. The van der Waals surface area contributed by atoms with Gasteiger partial charge in [-0.25, -0.2) is 0 Å². The molecule has 0 aromatic heterocycles. The van der Waals surface area contributed by atoms with E-state index in [-0.39, 0.29) is 0 Å². The molecule has 158 valence electrons. The second-order valence-electron chi connectivity index (χ2n) is 8.27. The van der Waals surface area contributed by atoms with Gasteiger partial charge in [0.1, 0.15) is 11.5 Å². The number of nitrogens with zero attached hydrogens (tertiary/aromatic N) is 2. The maximum Gasteiger partial charge on any atom is 0.120 e. The van der Waals surface area contributed by atoms with E-state index in [1.807, 2.05) is 6.07 Å². The predicted molar refractivity (Wildman–Crippen MR) is 120 cm³/mol. The van der Waals surface area contributed by atoms with Gasteiger partial charge in [0.15, 0.2) is 0 Å². The van der Waals surface area contributed by atoms with Crippen molar-refractivity contribution < 1.29 is 9.84 Å². The topological polar surface area (TPSA) is 35.9 Å². The fraction of sp³-hybridized carbons (Fsp3) is 0.520. The molecule has 0 bridgehead atoms. The first-order chi connectivity index (χ1) is 14.0. The van der Waals surface area contributed by atoms with Gasteiger partial charge in [-0.1, -0.05) is 38.1 Å². The highest BCUT2D eigenvalue weighted by Gasteiger charge is 2.23. The van der Waals surface area contributed by atoms with E-state index in [4.69, 9.17) is 4.74 Å². The number of phenols is 1. The highest BCUT2D eigenvalue weighted by atomic mass is 16.5. The molecule has 0 radical (unpaired) electrons. The van der Waals surface area contributed by atoms with Crippen molar-refractivity contribution in [3.8, 4) is 11.5 Å². The van der Waals surface area contributed by atoms with Gasteiger partial charge in [0.05, 0.1) is 7.11 Å². The predicted octanol–water partition coefficient (Wildman–Crippen LogP) is 4.84. The Bertz CT molecular complexity index is 767. The first kappa shape index (κ1) is 21.7. The number of methoxy groups -OCH3 is 1. The Morgan fingerprint density at radius 1 is 0.897 bits per heavy atom. The molecule has 1 saturated heterocycles. The van der Waals surface area contributed by atoms with Crippen molar-refractivity contribution in [1.29, 1.82) is 0 Å². The van der Waals surface area contributed by atoms with Gasteiger partial charge in [0.25, 0.3) is 0 Å². The quantitative estimate of drug-likeness (QED) is 0.693. The molecular formula is C25H36N2O2. The van der Waals surface area contributed by atoms with Crippen molar-refractivity contribution in [2.24, 2.45) is 0 Å². The average Bonchev–Trinajstić information content (AvgIpc) is 2.75. The van der Waals surface area contributed by atoms with Crippen molar-refractivity contribution in [3.05, 3.63) is 59.2 Å². The number of piperazine rings is 1. The largest absolute Gasteiger partial charge is 0.508 e. The summed E-state index contributed by atoms with van der Waals surface area (Å²) >= 11 is 0. The lowest BCUT2D eigenvalue weighted by atomic mass is 9.78. The monoisotopic (exact) mass is 396 g/mol. The van der Waals surface area contributed by atoms with Gasteiger partial charge < -0.3 is 14.7 Å². The lowest BCUT2D eigenvalue weighted by molar-refractivity contribution is 0.147. The molecule has 3 rings (SSSR count). The van der Waals surface area contributed by atoms with E-state index in [1.165, 1.54) is 11.1 Å². The maximum absolute atomic E-state index is 10.5. The third-order valence-electron chi connectivity index (χ3n) is 6.43. The first-order valence-corrected chi connectivity index (χ1v) is 10.9. The molecule has 1 heterocycles. The van der Waals surface area contributed by atoms with Crippen LogP contribution < -0.4 is 4.74 Å². The van der Waals surface area contributed by atoms with E-state index in [2.05, 4.69) is 67.1 Å². The first-order valence-electron chi connectivity index (χ1n) is 10.9. The summed E-state index contributed by atoms with van der Waals surface area (Å²) in [6.45, 7) is 9.65. The van der Waals surface area contributed by atoms with Gasteiger partial charge in [-0.2, -0.15) is 0 Å². The fourth-order valence-corrected chi connectivity index (χ4v) is 4.57. The summed E-state index contributed by atoms with van der Waals surface area (Å²) < 4.78 is 5.33. The Balaban J connectivity index is 1.82. The lowest BCUT2D eigenvalue weighted by Crippen LogP contribution is -2.43. The van der Waals surface area contributed by atoms with Crippen LogP contribution in [-0.2, 0) is 6.54 Å². The number of rotatable bonds is 8. The summed E-state index contributed by atoms with van der Waals surface area (Å²) in [6, 6.07) is 14.8. The van der Waals surface area contributed by atoms with Crippen LogP contribution in [0.3, 0.4) is 0 Å². The maximum atomic E-state index is 10.5. The van der Waals surface area contributed by atoms with Gasteiger partial charge >= 0.3 is 0 Å². The number of ether oxygens (including phenoxy) is 1. The van der Waals surface area contributed by atoms with Gasteiger partial charge in [-0.15, -0.1) is 0 Å². The Labute approximate surface area is 176 Å². The van der Waals surface area contributed by atoms with Crippen LogP contribution in [0.25, 0.3) is 0 Å². The Hall–Kier alpha value is -2.04. The van der Waals surface area contributed by atoms with Gasteiger partial charge in [0.2, 0.25) is 0 Å². The van der Waals surface area contributed by atoms with E-state index in [0.717, 1.165) is 56.9 Å². The molecule has 0 aliphatic carbocycles. The zero-order chi connectivity index (χ0) is 20.8. The molecule has 0 spiro atoms. The highest BCUT2D eigenvalue weighted by molar-refractivity contribution is 5.40. The summed E-state index contributed by atoms with van der Waals surface area (Å²) in [5.41, 5.74) is 3.74. The Morgan fingerprint density at radius 2 is 1.48 bits per heavy atom. The number of phenolic OH excluding ortho intramolecular Hbond substituents is 1. The summed E-state index contributed by atoms with van der Waals surface area (Å²) in [5.74, 6) is 2.20. The summed E-state index contributed by atoms with van der Waals surface area (Å²) in [5, 5.41) is 10.5. The third kappa shape index (κ3) is 5.31. The van der Waals surface area contributed by atoms with Gasteiger partial charge in [-0.3, -0.25) is 4.90 Å². The van der Waals surface area contributed by atoms with Gasteiger partial charge in [0, 0.05) is 38.3 Å². The van der Waals surface area contributed by atoms with Crippen LogP contribution in [0.2, 0.25) is 0 Å². The molecule has 0 saturated carbocycles. The van der Waals surface area contributed by atoms with Crippen LogP contribution in [0, 0.1) is 0 Å². The zero-order valence-electron chi connectivity index (χ0n) is 18.4. The molecule has 1 aliphatic heterocycles.